The van der Waals surface area contributed by atoms with Crippen LogP contribution in [0.3, 0.4) is 0 Å². The van der Waals surface area contributed by atoms with Gasteiger partial charge in [-0.25, -0.2) is 0 Å². The molecule has 2 fully saturated rings. The van der Waals surface area contributed by atoms with E-state index >= 15 is 0 Å². The minimum atomic E-state index is -1.41. The quantitative estimate of drug-likeness (QED) is 0.139. The molecule has 0 radical (unpaired) electrons. The van der Waals surface area contributed by atoms with Gasteiger partial charge in [-0.3, -0.25) is 9.98 Å². The zero-order valence-corrected chi connectivity index (χ0v) is 27.6. The summed E-state index contributed by atoms with van der Waals surface area (Å²) >= 11 is 6.00. The van der Waals surface area contributed by atoms with Gasteiger partial charge in [0.2, 0.25) is 0 Å². The van der Waals surface area contributed by atoms with Crippen LogP contribution >= 0.6 is 28.5 Å². The van der Waals surface area contributed by atoms with E-state index in [-0.39, 0.29) is 0 Å². The van der Waals surface area contributed by atoms with Crippen LogP contribution in [0.5, 0.6) is 0 Å². The van der Waals surface area contributed by atoms with Crippen molar-refractivity contribution in [1.82, 2.24) is 0 Å². The molecule has 0 saturated heterocycles. The van der Waals surface area contributed by atoms with E-state index in [4.69, 9.17) is 14.4 Å². The molecule has 7 heteroatoms. The fourth-order valence-electron chi connectivity index (χ4n) is 5.43. The summed E-state index contributed by atoms with van der Waals surface area (Å²) in [5.74, 6) is 2.78. The maximum absolute atomic E-state index is 6.07. The van der Waals surface area contributed by atoms with Crippen molar-refractivity contribution in [3.8, 4) is 0 Å². The van der Waals surface area contributed by atoms with E-state index in [1.165, 1.54) is 60.8 Å². The second kappa shape index (κ2) is 16.7. The molecule has 0 N–H and O–H groups in total. The first kappa shape index (κ1) is 32.0. The molecule has 0 heterocycles. The Balaban J connectivity index is 0.00000172. The SMILES string of the molecule is CC(=NC1C(C)CCCC1C)C(CCCCO[Si](C)(C)C)=NC1C(C)CCCC1C.[Br][Ni][Br]. The average molecular weight is 653 g/mol. The number of hydrogen-bond acceptors (Lipinski definition) is 3. The van der Waals surface area contributed by atoms with Crippen LogP contribution in [0.15, 0.2) is 9.98 Å². The molecule has 0 aliphatic heterocycles. The van der Waals surface area contributed by atoms with Gasteiger partial charge in [-0.1, -0.05) is 40.5 Å². The Morgan fingerprint density at radius 3 is 1.67 bits per heavy atom. The Morgan fingerprint density at radius 1 is 0.818 bits per heavy atom. The molecule has 4 unspecified atom stereocenters. The number of halogens is 2. The normalized spacial score (nSPS) is 31.8. The van der Waals surface area contributed by atoms with E-state index in [2.05, 4.69) is 82.7 Å². The van der Waals surface area contributed by atoms with Gasteiger partial charge in [-0.2, -0.15) is 0 Å². The van der Waals surface area contributed by atoms with E-state index in [9.17, 15) is 0 Å². The molecule has 0 aromatic rings. The Hall–Kier alpha value is 0.970. The molecule has 2 rings (SSSR count). The Bertz CT molecular complexity index is 592. The third-order valence-corrected chi connectivity index (χ3v) is 8.45. The molecule has 0 bridgehead atoms. The van der Waals surface area contributed by atoms with Gasteiger partial charge in [0.05, 0.1) is 23.5 Å². The first-order valence-electron chi connectivity index (χ1n) is 13.1. The third-order valence-electron chi connectivity index (χ3n) is 7.38. The van der Waals surface area contributed by atoms with E-state index in [0.717, 1.165) is 25.9 Å². The minimum absolute atomic E-state index is 0.471. The van der Waals surface area contributed by atoms with Gasteiger partial charge in [-0.05, 0) is 95.2 Å². The predicted octanol–water partition coefficient (Wildman–Crippen LogP) is 9.25. The maximum atomic E-state index is 6.07. The summed E-state index contributed by atoms with van der Waals surface area (Å²) in [6.45, 7) is 19.6. The average Bonchev–Trinajstić information content (AvgIpc) is 2.71. The Morgan fingerprint density at radius 2 is 1.24 bits per heavy atom. The van der Waals surface area contributed by atoms with Gasteiger partial charge in [0.1, 0.15) is 0 Å². The van der Waals surface area contributed by atoms with Crippen LogP contribution in [0.4, 0.5) is 0 Å². The fourth-order valence-corrected chi connectivity index (χ4v) is 6.18. The predicted molar refractivity (Wildman–Crippen MR) is 153 cm³/mol. The van der Waals surface area contributed by atoms with Crippen molar-refractivity contribution in [2.45, 2.75) is 124 Å². The molecule has 198 valence electrons. The topological polar surface area (TPSA) is 34.0 Å². The van der Waals surface area contributed by atoms with Crippen molar-refractivity contribution in [3.05, 3.63) is 0 Å². The number of nitrogens with zero attached hydrogens (tertiary/aromatic N) is 2. The molecule has 3 nitrogen and oxygen atoms in total. The van der Waals surface area contributed by atoms with E-state index in [1.54, 1.807) is 0 Å². The van der Waals surface area contributed by atoms with Crippen LogP contribution in [0.25, 0.3) is 0 Å². The van der Waals surface area contributed by atoms with E-state index in [0.29, 0.717) is 35.8 Å². The van der Waals surface area contributed by atoms with Crippen LogP contribution in [-0.2, 0) is 15.3 Å². The van der Waals surface area contributed by atoms with Crippen molar-refractivity contribution in [2.24, 2.45) is 33.7 Å². The first-order chi connectivity index (χ1) is 15.5. The van der Waals surface area contributed by atoms with E-state index < -0.39 is 8.32 Å². The summed E-state index contributed by atoms with van der Waals surface area (Å²) in [6, 6.07) is 0.943. The standard InChI is InChI=1S/C26H50N2OSi.2BrH.Ni/c1-19-13-11-14-20(2)25(19)27-23(5)24(17-9-10-18-29-30(6,7)8)28-26-21(3)15-12-16-22(26)4;;;/h19-22,25-26H,9-18H2,1-8H3;2*1H;/q;;;+2/p-2. The monoisotopic (exact) mass is 650 g/mol. The molecule has 4 atom stereocenters. The molecule has 0 aromatic heterocycles. The van der Waals surface area contributed by atoms with Crippen molar-refractivity contribution < 1.29 is 15.3 Å². The summed E-state index contributed by atoms with van der Waals surface area (Å²) in [5.41, 5.74) is 2.51. The van der Waals surface area contributed by atoms with E-state index in [1.807, 2.05) is 0 Å². The van der Waals surface area contributed by atoms with Gasteiger partial charge in [-0.15, -0.1) is 0 Å². The first-order valence-corrected chi connectivity index (χ1v) is 21.4. The number of unbranched alkanes of at least 4 members (excludes halogenated alkanes) is 1. The van der Waals surface area contributed by atoms with Crippen molar-refractivity contribution in [2.75, 3.05) is 6.61 Å². The van der Waals surface area contributed by atoms with Crippen molar-refractivity contribution in [1.29, 1.82) is 0 Å². The number of aliphatic imine (C=N–C) groups is 2. The van der Waals surface area contributed by atoms with Gasteiger partial charge in [0.15, 0.2) is 8.32 Å². The Labute approximate surface area is 226 Å². The van der Waals surface area contributed by atoms with Crippen molar-refractivity contribution in [3.63, 3.8) is 0 Å². The zero-order valence-electron chi connectivity index (χ0n) is 22.4. The molecular formula is C26H50Br2N2NiOSi. The summed E-state index contributed by atoms with van der Waals surface area (Å²) in [4.78, 5) is 10.7. The molecule has 2 aliphatic rings. The number of rotatable bonds is 9. The summed E-state index contributed by atoms with van der Waals surface area (Å²) < 4.78 is 6.07. The van der Waals surface area contributed by atoms with Crippen LogP contribution in [0.2, 0.25) is 19.6 Å². The third kappa shape index (κ3) is 12.7. The molecule has 0 amide bonds. The zero-order chi connectivity index (χ0) is 25.0. The second-order valence-corrected chi connectivity index (χ2v) is 21.0. The summed E-state index contributed by atoms with van der Waals surface area (Å²) in [6.07, 6.45) is 11.3. The summed E-state index contributed by atoms with van der Waals surface area (Å²) in [5, 5.41) is 0. The van der Waals surface area contributed by atoms with Gasteiger partial charge < -0.3 is 4.43 Å². The fraction of sp³-hybridized carbons (Fsp3) is 0.923. The summed E-state index contributed by atoms with van der Waals surface area (Å²) in [7, 11) is -0.158. The number of hydrogen-bond donors (Lipinski definition) is 0. The molecule has 0 spiro atoms. The molecular weight excluding hydrogens is 603 g/mol. The van der Waals surface area contributed by atoms with Crippen LogP contribution in [0, 0.1) is 23.7 Å². The van der Waals surface area contributed by atoms with Gasteiger partial charge >= 0.3 is 39.3 Å². The van der Waals surface area contributed by atoms with Crippen LogP contribution in [-0.4, -0.2) is 38.4 Å². The van der Waals surface area contributed by atoms with Gasteiger partial charge in [0, 0.05) is 6.61 Å². The van der Waals surface area contributed by atoms with Gasteiger partial charge in [0.25, 0.3) is 0 Å². The Kier molecular flexibility index (Phi) is 16.2. The molecule has 2 aliphatic carbocycles. The van der Waals surface area contributed by atoms with Crippen LogP contribution in [0.1, 0.15) is 92.4 Å². The molecule has 2 saturated carbocycles. The van der Waals surface area contributed by atoms with Crippen molar-refractivity contribution >= 4 is 48.2 Å². The van der Waals surface area contributed by atoms with Crippen LogP contribution < -0.4 is 0 Å². The second-order valence-electron chi connectivity index (χ2n) is 11.5. The molecule has 0 aromatic carbocycles. The molecule has 33 heavy (non-hydrogen) atoms.